The average molecular weight is 404 g/mol. The summed E-state index contributed by atoms with van der Waals surface area (Å²) in [4.78, 5) is 28.9. The molecule has 1 unspecified atom stereocenters. The van der Waals surface area contributed by atoms with Crippen molar-refractivity contribution in [1.82, 2.24) is 24.9 Å². The summed E-state index contributed by atoms with van der Waals surface area (Å²) in [6, 6.07) is 10.2. The molecule has 2 aliphatic rings. The number of likely N-dealkylation sites (tertiary alicyclic amines) is 1. The van der Waals surface area contributed by atoms with Crippen LogP contribution in [0.4, 0.5) is 0 Å². The van der Waals surface area contributed by atoms with Crippen LogP contribution in [-0.4, -0.2) is 70.2 Å². The molecule has 2 aromatic rings. The SMILES string of the molecule is Cl.O=C(c1cnn(Cc2ccccc2)c1)N1CCCC(N2CCNCC2=O)C1. The van der Waals surface area contributed by atoms with Gasteiger partial charge in [-0.2, -0.15) is 5.10 Å². The van der Waals surface area contributed by atoms with Crippen LogP contribution < -0.4 is 5.32 Å². The van der Waals surface area contributed by atoms with Crippen LogP contribution in [0.1, 0.15) is 28.8 Å². The molecule has 1 aromatic heterocycles. The summed E-state index contributed by atoms with van der Waals surface area (Å²) < 4.78 is 1.80. The van der Waals surface area contributed by atoms with E-state index in [0.717, 1.165) is 38.0 Å². The zero-order chi connectivity index (χ0) is 18.6. The van der Waals surface area contributed by atoms with Crippen LogP contribution >= 0.6 is 12.4 Å². The van der Waals surface area contributed by atoms with Crippen molar-refractivity contribution in [2.24, 2.45) is 0 Å². The van der Waals surface area contributed by atoms with Crippen molar-refractivity contribution in [3.05, 3.63) is 53.9 Å². The largest absolute Gasteiger partial charge is 0.336 e. The normalized spacial score (nSPS) is 20.0. The fourth-order valence-electron chi connectivity index (χ4n) is 3.91. The van der Waals surface area contributed by atoms with Gasteiger partial charge in [-0.15, -0.1) is 12.4 Å². The summed E-state index contributed by atoms with van der Waals surface area (Å²) in [6.07, 6.45) is 5.34. The summed E-state index contributed by atoms with van der Waals surface area (Å²) in [5.41, 5.74) is 1.76. The minimum Gasteiger partial charge on any atom is -0.336 e. The second-order valence-corrected chi connectivity index (χ2v) is 7.22. The molecule has 1 aromatic carbocycles. The number of carbonyl (C=O) groups excluding carboxylic acids is 2. The first-order valence-electron chi connectivity index (χ1n) is 9.56. The topological polar surface area (TPSA) is 70.5 Å². The van der Waals surface area contributed by atoms with Gasteiger partial charge in [0.25, 0.3) is 5.91 Å². The summed E-state index contributed by atoms with van der Waals surface area (Å²) in [7, 11) is 0. The molecule has 0 saturated carbocycles. The van der Waals surface area contributed by atoms with Crippen LogP contribution in [0.3, 0.4) is 0 Å². The number of benzene rings is 1. The molecule has 0 aliphatic carbocycles. The maximum absolute atomic E-state index is 12.9. The lowest BCUT2D eigenvalue weighted by molar-refractivity contribution is -0.135. The first-order chi connectivity index (χ1) is 13.2. The molecule has 3 heterocycles. The minimum absolute atomic E-state index is 0. The van der Waals surface area contributed by atoms with Crippen LogP contribution in [0.15, 0.2) is 42.7 Å². The third-order valence-corrected chi connectivity index (χ3v) is 5.32. The maximum Gasteiger partial charge on any atom is 0.257 e. The number of halogens is 1. The Labute approximate surface area is 171 Å². The maximum atomic E-state index is 12.9. The Morgan fingerprint density at radius 2 is 2.04 bits per heavy atom. The molecule has 4 rings (SSSR count). The van der Waals surface area contributed by atoms with Gasteiger partial charge >= 0.3 is 0 Å². The molecule has 2 amide bonds. The second kappa shape index (κ2) is 9.21. The Morgan fingerprint density at radius 1 is 1.21 bits per heavy atom. The molecule has 8 heteroatoms. The third-order valence-electron chi connectivity index (χ3n) is 5.32. The number of piperazine rings is 1. The van der Waals surface area contributed by atoms with E-state index in [0.29, 0.717) is 25.2 Å². The second-order valence-electron chi connectivity index (χ2n) is 7.22. The first kappa shape index (κ1) is 20.4. The molecule has 2 fully saturated rings. The Morgan fingerprint density at radius 3 is 2.82 bits per heavy atom. The van der Waals surface area contributed by atoms with Gasteiger partial charge in [0.1, 0.15) is 0 Å². The number of nitrogens with one attached hydrogen (secondary N) is 1. The van der Waals surface area contributed by atoms with Crippen molar-refractivity contribution in [3.63, 3.8) is 0 Å². The predicted octanol–water partition coefficient (Wildman–Crippen LogP) is 1.39. The molecular weight excluding hydrogens is 378 g/mol. The van der Waals surface area contributed by atoms with E-state index in [1.165, 1.54) is 0 Å². The van der Waals surface area contributed by atoms with Gasteiger partial charge in [0.15, 0.2) is 0 Å². The van der Waals surface area contributed by atoms with Gasteiger partial charge in [-0.3, -0.25) is 14.3 Å². The van der Waals surface area contributed by atoms with Crippen molar-refractivity contribution in [1.29, 1.82) is 0 Å². The fourth-order valence-corrected chi connectivity index (χ4v) is 3.91. The van der Waals surface area contributed by atoms with Crippen molar-refractivity contribution < 1.29 is 9.59 Å². The summed E-state index contributed by atoms with van der Waals surface area (Å²) in [5.74, 6) is 0.137. The lowest BCUT2D eigenvalue weighted by Gasteiger charge is -2.41. The fraction of sp³-hybridized carbons (Fsp3) is 0.450. The lowest BCUT2D eigenvalue weighted by atomic mass is 10.0. The van der Waals surface area contributed by atoms with Crippen molar-refractivity contribution in [2.45, 2.75) is 25.4 Å². The number of hydrogen-bond acceptors (Lipinski definition) is 4. The molecular formula is C20H26ClN5O2. The van der Waals surface area contributed by atoms with E-state index < -0.39 is 0 Å². The zero-order valence-electron chi connectivity index (χ0n) is 15.8. The number of hydrogen-bond donors (Lipinski definition) is 1. The Kier molecular flexibility index (Phi) is 6.70. The van der Waals surface area contributed by atoms with Gasteiger partial charge in [-0.05, 0) is 18.4 Å². The standard InChI is InChI=1S/C20H25N5O2.ClH/c26-19-12-21-8-10-25(19)18-7-4-9-23(15-18)20(27)17-11-22-24(14-17)13-16-5-2-1-3-6-16;/h1-3,5-6,11,14,18,21H,4,7-10,12-13,15H2;1H. The van der Waals surface area contributed by atoms with E-state index in [4.69, 9.17) is 0 Å². The third kappa shape index (κ3) is 4.54. The van der Waals surface area contributed by atoms with Gasteiger partial charge in [-0.25, -0.2) is 0 Å². The molecule has 0 spiro atoms. The molecule has 28 heavy (non-hydrogen) atoms. The smallest absolute Gasteiger partial charge is 0.257 e. The van der Waals surface area contributed by atoms with Gasteiger partial charge in [0.2, 0.25) is 5.91 Å². The zero-order valence-corrected chi connectivity index (χ0v) is 16.6. The van der Waals surface area contributed by atoms with Crippen LogP contribution in [0.5, 0.6) is 0 Å². The van der Waals surface area contributed by atoms with E-state index in [2.05, 4.69) is 10.4 Å². The van der Waals surface area contributed by atoms with E-state index in [1.54, 1.807) is 10.9 Å². The number of amides is 2. The number of nitrogens with zero attached hydrogens (tertiary/aromatic N) is 4. The van der Waals surface area contributed by atoms with Crippen LogP contribution in [0.2, 0.25) is 0 Å². The van der Waals surface area contributed by atoms with Crippen molar-refractivity contribution in [2.75, 3.05) is 32.7 Å². The number of aromatic nitrogens is 2. The lowest BCUT2D eigenvalue weighted by Crippen LogP contribution is -2.57. The van der Waals surface area contributed by atoms with Crippen LogP contribution in [0.25, 0.3) is 0 Å². The number of piperidine rings is 1. The van der Waals surface area contributed by atoms with E-state index in [-0.39, 0.29) is 30.3 Å². The molecule has 7 nitrogen and oxygen atoms in total. The monoisotopic (exact) mass is 403 g/mol. The van der Waals surface area contributed by atoms with Gasteiger partial charge < -0.3 is 15.1 Å². The highest BCUT2D eigenvalue weighted by Gasteiger charge is 2.32. The Balaban J connectivity index is 0.00000225. The van der Waals surface area contributed by atoms with Crippen molar-refractivity contribution >= 4 is 24.2 Å². The highest BCUT2D eigenvalue weighted by atomic mass is 35.5. The molecule has 2 saturated heterocycles. The highest BCUT2D eigenvalue weighted by molar-refractivity contribution is 5.94. The Bertz CT molecular complexity index is 810. The van der Waals surface area contributed by atoms with Crippen LogP contribution in [0, 0.1) is 0 Å². The highest BCUT2D eigenvalue weighted by Crippen LogP contribution is 2.19. The van der Waals surface area contributed by atoms with E-state index >= 15 is 0 Å². The Hall–Kier alpha value is -2.38. The predicted molar refractivity (Wildman–Crippen MR) is 109 cm³/mol. The molecule has 1 atom stereocenters. The quantitative estimate of drug-likeness (QED) is 0.837. The van der Waals surface area contributed by atoms with Crippen LogP contribution in [-0.2, 0) is 11.3 Å². The summed E-state index contributed by atoms with van der Waals surface area (Å²) in [6.45, 7) is 3.93. The average Bonchev–Trinajstić information content (AvgIpc) is 3.17. The number of carbonyl (C=O) groups is 2. The molecule has 0 bridgehead atoms. The summed E-state index contributed by atoms with van der Waals surface area (Å²) >= 11 is 0. The van der Waals surface area contributed by atoms with E-state index in [9.17, 15) is 9.59 Å². The molecule has 1 N–H and O–H groups in total. The first-order valence-corrected chi connectivity index (χ1v) is 9.56. The van der Waals surface area contributed by atoms with Gasteiger partial charge in [-0.1, -0.05) is 30.3 Å². The molecule has 150 valence electrons. The van der Waals surface area contributed by atoms with Gasteiger partial charge in [0.05, 0.1) is 24.8 Å². The van der Waals surface area contributed by atoms with Crippen molar-refractivity contribution in [3.8, 4) is 0 Å². The molecule has 0 radical (unpaired) electrons. The van der Waals surface area contributed by atoms with Gasteiger partial charge in [0, 0.05) is 38.4 Å². The molecule has 2 aliphatic heterocycles. The number of rotatable bonds is 4. The minimum atomic E-state index is 0. The summed E-state index contributed by atoms with van der Waals surface area (Å²) in [5, 5.41) is 7.45. The van der Waals surface area contributed by atoms with E-state index in [1.807, 2.05) is 46.3 Å².